The van der Waals surface area contributed by atoms with Crippen molar-refractivity contribution in [2.45, 2.75) is 13.5 Å². The van der Waals surface area contributed by atoms with Gasteiger partial charge in [-0.25, -0.2) is 14.6 Å². The molecule has 0 aliphatic rings. The van der Waals surface area contributed by atoms with Gasteiger partial charge >= 0.3 is 12.0 Å². The van der Waals surface area contributed by atoms with Crippen LogP contribution in [0.4, 0.5) is 4.79 Å². The Labute approximate surface area is 116 Å². The molecule has 1 unspecified atom stereocenters. The van der Waals surface area contributed by atoms with Crippen molar-refractivity contribution in [1.29, 1.82) is 5.26 Å². The molecule has 2 amide bonds. The van der Waals surface area contributed by atoms with Gasteiger partial charge in [-0.05, 0) is 18.6 Å². The molecule has 7 heteroatoms. The lowest BCUT2D eigenvalue weighted by Crippen LogP contribution is -2.39. The summed E-state index contributed by atoms with van der Waals surface area (Å²) >= 11 is 0. The van der Waals surface area contributed by atoms with Gasteiger partial charge in [0.2, 0.25) is 0 Å². The lowest BCUT2D eigenvalue weighted by Gasteiger charge is -2.18. The number of hydrogen-bond donors (Lipinski definition) is 2. The van der Waals surface area contributed by atoms with Crippen LogP contribution in [0, 0.1) is 17.2 Å². The van der Waals surface area contributed by atoms with Crippen LogP contribution in [-0.4, -0.2) is 40.6 Å². The van der Waals surface area contributed by atoms with Gasteiger partial charge < -0.3 is 15.3 Å². The van der Waals surface area contributed by atoms with Crippen LogP contribution >= 0.6 is 0 Å². The molecule has 1 rings (SSSR count). The Bertz CT molecular complexity index is 521. The maximum Gasteiger partial charge on any atom is 0.354 e. The molecular weight excluding hydrogens is 260 g/mol. The molecular formula is C13H16N4O3. The van der Waals surface area contributed by atoms with Crippen LogP contribution in [0.3, 0.4) is 0 Å². The number of rotatable bonds is 5. The van der Waals surface area contributed by atoms with Crippen molar-refractivity contribution < 1.29 is 14.7 Å². The first-order valence-corrected chi connectivity index (χ1v) is 6.01. The van der Waals surface area contributed by atoms with Crippen molar-refractivity contribution >= 4 is 12.0 Å². The number of amides is 2. The SMILES string of the molecule is CC(C#N)CN(C)C(=O)NCc1ccc(C(=O)O)nc1. The Morgan fingerprint density at radius 3 is 2.75 bits per heavy atom. The summed E-state index contributed by atoms with van der Waals surface area (Å²) in [6.45, 7) is 2.33. The van der Waals surface area contributed by atoms with Crippen molar-refractivity contribution in [2.75, 3.05) is 13.6 Å². The molecule has 1 heterocycles. The number of carbonyl (C=O) groups is 2. The molecule has 0 bridgehead atoms. The van der Waals surface area contributed by atoms with E-state index in [0.717, 1.165) is 0 Å². The maximum absolute atomic E-state index is 11.7. The normalized spacial score (nSPS) is 11.2. The standard InChI is InChI=1S/C13H16N4O3/c1-9(5-14)8-17(2)13(20)16-7-10-3-4-11(12(18)19)15-6-10/h3-4,6,9H,7-8H2,1-2H3,(H,16,20)(H,18,19). The highest BCUT2D eigenvalue weighted by Gasteiger charge is 2.11. The molecule has 1 aromatic heterocycles. The number of carbonyl (C=O) groups excluding carboxylic acids is 1. The number of nitrogens with one attached hydrogen (secondary N) is 1. The average Bonchev–Trinajstić information content (AvgIpc) is 2.44. The Balaban J connectivity index is 2.48. The molecule has 0 radical (unpaired) electrons. The van der Waals surface area contributed by atoms with Gasteiger partial charge in [-0.3, -0.25) is 0 Å². The van der Waals surface area contributed by atoms with Crippen LogP contribution in [0.15, 0.2) is 18.3 Å². The lowest BCUT2D eigenvalue weighted by atomic mass is 10.2. The van der Waals surface area contributed by atoms with Crippen molar-refractivity contribution in [3.05, 3.63) is 29.6 Å². The molecule has 0 fully saturated rings. The molecule has 1 atom stereocenters. The van der Waals surface area contributed by atoms with Crippen LogP contribution in [-0.2, 0) is 6.54 Å². The summed E-state index contributed by atoms with van der Waals surface area (Å²) in [5.74, 6) is -1.33. The van der Waals surface area contributed by atoms with E-state index in [1.807, 2.05) is 0 Å². The van der Waals surface area contributed by atoms with Gasteiger partial charge in [0, 0.05) is 26.3 Å². The summed E-state index contributed by atoms with van der Waals surface area (Å²) in [6.07, 6.45) is 1.40. The smallest absolute Gasteiger partial charge is 0.354 e. The molecule has 7 nitrogen and oxygen atoms in total. The number of urea groups is 1. The predicted octanol–water partition coefficient (Wildman–Crippen LogP) is 1.08. The zero-order valence-electron chi connectivity index (χ0n) is 11.3. The van der Waals surface area contributed by atoms with E-state index in [2.05, 4.69) is 16.4 Å². The Morgan fingerprint density at radius 1 is 1.55 bits per heavy atom. The van der Waals surface area contributed by atoms with Gasteiger partial charge in [-0.2, -0.15) is 5.26 Å². The zero-order chi connectivity index (χ0) is 15.1. The molecule has 0 aliphatic carbocycles. The van der Waals surface area contributed by atoms with E-state index in [4.69, 9.17) is 10.4 Å². The molecule has 0 saturated heterocycles. The number of nitriles is 1. The van der Waals surface area contributed by atoms with Gasteiger partial charge in [-0.15, -0.1) is 0 Å². The molecule has 2 N–H and O–H groups in total. The summed E-state index contributed by atoms with van der Waals surface area (Å²) in [5.41, 5.74) is 0.658. The van der Waals surface area contributed by atoms with E-state index >= 15 is 0 Å². The van der Waals surface area contributed by atoms with Crippen molar-refractivity contribution in [1.82, 2.24) is 15.2 Å². The molecule has 20 heavy (non-hydrogen) atoms. The highest BCUT2D eigenvalue weighted by molar-refractivity contribution is 5.85. The van der Waals surface area contributed by atoms with E-state index in [-0.39, 0.29) is 24.2 Å². The second kappa shape index (κ2) is 7.09. The zero-order valence-corrected chi connectivity index (χ0v) is 11.3. The second-order valence-electron chi connectivity index (χ2n) is 4.43. The molecule has 0 saturated carbocycles. The van der Waals surface area contributed by atoms with Gasteiger partial charge in [-0.1, -0.05) is 6.07 Å². The van der Waals surface area contributed by atoms with E-state index in [9.17, 15) is 9.59 Å². The topological polar surface area (TPSA) is 106 Å². The Kier molecular flexibility index (Phi) is 5.47. The molecule has 106 valence electrons. The average molecular weight is 276 g/mol. The highest BCUT2D eigenvalue weighted by Crippen LogP contribution is 2.01. The summed E-state index contributed by atoms with van der Waals surface area (Å²) < 4.78 is 0. The molecule has 0 aliphatic heterocycles. The number of aromatic carboxylic acids is 1. The minimum atomic E-state index is -1.09. The summed E-state index contributed by atoms with van der Waals surface area (Å²) in [4.78, 5) is 27.5. The molecule has 0 spiro atoms. The third-order valence-electron chi connectivity index (χ3n) is 2.60. The number of carboxylic acids is 1. The quantitative estimate of drug-likeness (QED) is 0.837. The number of aromatic nitrogens is 1. The minimum absolute atomic E-state index is 0.0416. The fourth-order valence-electron chi connectivity index (χ4n) is 1.50. The first-order valence-electron chi connectivity index (χ1n) is 6.01. The predicted molar refractivity (Wildman–Crippen MR) is 70.8 cm³/mol. The second-order valence-corrected chi connectivity index (χ2v) is 4.43. The van der Waals surface area contributed by atoms with Gasteiger partial charge in [0.1, 0.15) is 5.69 Å². The Hall–Kier alpha value is -2.62. The fourth-order valence-corrected chi connectivity index (χ4v) is 1.50. The van der Waals surface area contributed by atoms with Gasteiger partial charge in [0.05, 0.1) is 12.0 Å². The van der Waals surface area contributed by atoms with Crippen LogP contribution in [0.1, 0.15) is 23.0 Å². The van der Waals surface area contributed by atoms with E-state index in [0.29, 0.717) is 12.1 Å². The summed E-state index contributed by atoms with van der Waals surface area (Å²) in [5, 5.41) is 20.1. The van der Waals surface area contributed by atoms with Gasteiger partial charge in [0.25, 0.3) is 0 Å². The summed E-state index contributed by atoms with van der Waals surface area (Å²) in [6, 6.07) is 4.73. The number of carboxylic acid groups (broad SMARTS) is 1. The van der Waals surface area contributed by atoms with Crippen LogP contribution in [0.2, 0.25) is 0 Å². The van der Waals surface area contributed by atoms with Crippen molar-refractivity contribution in [3.63, 3.8) is 0 Å². The number of pyridine rings is 1. The Morgan fingerprint density at radius 2 is 2.25 bits per heavy atom. The van der Waals surface area contributed by atoms with Crippen molar-refractivity contribution in [3.8, 4) is 6.07 Å². The van der Waals surface area contributed by atoms with Crippen LogP contribution in [0.5, 0.6) is 0 Å². The monoisotopic (exact) mass is 276 g/mol. The lowest BCUT2D eigenvalue weighted by molar-refractivity contribution is 0.0690. The minimum Gasteiger partial charge on any atom is -0.477 e. The number of hydrogen-bond acceptors (Lipinski definition) is 4. The van der Waals surface area contributed by atoms with E-state index in [1.54, 1.807) is 20.0 Å². The maximum atomic E-state index is 11.7. The fraction of sp³-hybridized carbons (Fsp3) is 0.385. The number of nitrogens with zero attached hydrogens (tertiary/aromatic N) is 3. The largest absolute Gasteiger partial charge is 0.477 e. The first kappa shape index (κ1) is 15.4. The van der Waals surface area contributed by atoms with E-state index < -0.39 is 5.97 Å². The molecule has 1 aromatic rings. The first-order chi connectivity index (χ1) is 9.43. The van der Waals surface area contributed by atoms with Gasteiger partial charge in [0.15, 0.2) is 0 Å². The highest BCUT2D eigenvalue weighted by atomic mass is 16.4. The van der Waals surface area contributed by atoms with Crippen LogP contribution in [0.25, 0.3) is 0 Å². The van der Waals surface area contributed by atoms with E-state index in [1.165, 1.54) is 17.2 Å². The third-order valence-corrected chi connectivity index (χ3v) is 2.60. The summed E-state index contributed by atoms with van der Waals surface area (Å²) in [7, 11) is 1.61. The van der Waals surface area contributed by atoms with Crippen LogP contribution < -0.4 is 5.32 Å². The molecule has 0 aromatic carbocycles. The third kappa shape index (κ3) is 4.57. The van der Waals surface area contributed by atoms with Crippen molar-refractivity contribution in [2.24, 2.45) is 5.92 Å².